The first kappa shape index (κ1) is 13.6. The van der Waals surface area contributed by atoms with Crippen LogP contribution in [0.25, 0.3) is 17.1 Å². The van der Waals surface area contributed by atoms with E-state index in [1.165, 1.54) is 12.1 Å². The van der Waals surface area contributed by atoms with Crippen LogP contribution >= 0.6 is 0 Å². The molecule has 0 unspecified atom stereocenters. The second-order valence-electron chi connectivity index (χ2n) is 5.27. The molecular weight excluding hydrogens is 263 g/mol. The van der Waals surface area contributed by atoms with Gasteiger partial charge in [0.1, 0.15) is 11.6 Å². The molecule has 21 heavy (non-hydrogen) atoms. The number of rotatable bonds is 3. The Morgan fingerprint density at radius 1 is 1.00 bits per heavy atom. The van der Waals surface area contributed by atoms with Crippen LogP contribution in [0.3, 0.4) is 0 Å². The Labute approximate surface area is 123 Å². The second kappa shape index (κ2) is 5.52. The normalized spacial score (nSPS) is 11.0. The molecule has 3 rings (SSSR count). The molecule has 0 saturated carbocycles. The van der Waals surface area contributed by atoms with E-state index in [-0.39, 0.29) is 11.7 Å². The van der Waals surface area contributed by atoms with Crippen LogP contribution in [0.2, 0.25) is 0 Å². The summed E-state index contributed by atoms with van der Waals surface area (Å²) in [4.78, 5) is 4.69. The van der Waals surface area contributed by atoms with Gasteiger partial charge in [0.05, 0.1) is 11.9 Å². The third-order valence-corrected chi connectivity index (χ3v) is 3.33. The van der Waals surface area contributed by atoms with Crippen LogP contribution in [0, 0.1) is 12.0 Å². The fourth-order valence-corrected chi connectivity index (χ4v) is 2.17. The van der Waals surface area contributed by atoms with Gasteiger partial charge in [-0.2, -0.15) is 0 Å². The van der Waals surface area contributed by atoms with Gasteiger partial charge in [-0.25, -0.2) is 9.37 Å². The smallest absolute Gasteiger partial charge is 0.145 e. The predicted molar refractivity (Wildman–Crippen MR) is 81.9 cm³/mol. The molecule has 0 aliphatic carbocycles. The van der Waals surface area contributed by atoms with Gasteiger partial charge in [0.15, 0.2) is 0 Å². The molecule has 2 nitrogen and oxygen atoms in total. The Bertz CT molecular complexity index is 728. The highest BCUT2D eigenvalue weighted by Crippen LogP contribution is 2.25. The molecule has 1 radical (unpaired) electrons. The summed E-state index contributed by atoms with van der Waals surface area (Å²) in [5.74, 6) is 0.865. The average Bonchev–Trinajstić information content (AvgIpc) is 2.94. The lowest BCUT2D eigenvalue weighted by molar-refractivity contribution is 0.627. The van der Waals surface area contributed by atoms with Gasteiger partial charge >= 0.3 is 0 Å². The van der Waals surface area contributed by atoms with Crippen LogP contribution in [0.1, 0.15) is 25.5 Å². The predicted octanol–water partition coefficient (Wildman–Crippen LogP) is 4.60. The lowest BCUT2D eigenvalue weighted by atomic mass is 10.1. The van der Waals surface area contributed by atoms with E-state index in [0.29, 0.717) is 0 Å². The van der Waals surface area contributed by atoms with Crippen molar-refractivity contribution in [2.75, 3.05) is 0 Å². The number of nitrogens with zero attached hydrogens (tertiary/aromatic N) is 2. The summed E-state index contributed by atoms with van der Waals surface area (Å²) >= 11 is 0. The van der Waals surface area contributed by atoms with Gasteiger partial charge in [-0.05, 0) is 30.2 Å². The van der Waals surface area contributed by atoms with Gasteiger partial charge in [-0.3, -0.25) is 4.57 Å². The van der Waals surface area contributed by atoms with Crippen molar-refractivity contribution in [1.29, 1.82) is 0 Å². The van der Waals surface area contributed by atoms with Crippen LogP contribution in [-0.4, -0.2) is 9.55 Å². The average molecular weight is 279 g/mol. The van der Waals surface area contributed by atoms with E-state index in [1.807, 2.05) is 34.9 Å². The molecule has 0 spiro atoms. The first-order valence-corrected chi connectivity index (χ1v) is 6.98. The summed E-state index contributed by atoms with van der Waals surface area (Å²) in [6, 6.07) is 16.3. The van der Waals surface area contributed by atoms with Crippen LogP contribution in [0.5, 0.6) is 0 Å². The van der Waals surface area contributed by atoms with Gasteiger partial charge in [-0.1, -0.05) is 44.2 Å². The molecule has 3 heteroatoms. The van der Waals surface area contributed by atoms with E-state index >= 15 is 0 Å². The van der Waals surface area contributed by atoms with Crippen LogP contribution in [0.15, 0.2) is 54.6 Å². The molecular formula is C18H16FN2. The van der Waals surface area contributed by atoms with E-state index in [4.69, 9.17) is 4.98 Å². The quantitative estimate of drug-likeness (QED) is 0.685. The zero-order valence-electron chi connectivity index (χ0n) is 12.0. The Morgan fingerprint density at radius 2 is 1.67 bits per heavy atom. The van der Waals surface area contributed by atoms with Gasteiger partial charge in [0, 0.05) is 11.3 Å². The topological polar surface area (TPSA) is 17.8 Å². The molecule has 0 aliphatic heterocycles. The van der Waals surface area contributed by atoms with E-state index in [2.05, 4.69) is 20.0 Å². The third kappa shape index (κ3) is 2.72. The molecule has 3 aromatic rings. The molecule has 0 saturated heterocycles. The highest BCUT2D eigenvalue weighted by molar-refractivity contribution is 5.59. The summed E-state index contributed by atoms with van der Waals surface area (Å²) in [7, 11) is 0. The van der Waals surface area contributed by atoms with Crippen molar-refractivity contribution < 1.29 is 4.39 Å². The SMILES string of the molecule is CC(C)c1[c]n(-c2ccc(F)cc2)c(-c2ccccc2)n1. The molecule has 0 bridgehead atoms. The minimum Gasteiger partial charge on any atom is -0.291 e. The maximum Gasteiger partial charge on any atom is 0.145 e. The highest BCUT2D eigenvalue weighted by atomic mass is 19.1. The minimum atomic E-state index is -0.246. The standard InChI is InChI=1S/C18H16FN2/c1-13(2)17-12-21(16-10-8-15(19)9-11-16)18(20-17)14-6-4-3-5-7-14/h3-11,13H,1-2H3. The molecule has 0 atom stereocenters. The first-order valence-electron chi connectivity index (χ1n) is 6.98. The molecule has 2 aromatic carbocycles. The Kier molecular flexibility index (Phi) is 3.57. The maximum atomic E-state index is 13.1. The number of benzene rings is 2. The van der Waals surface area contributed by atoms with Crippen molar-refractivity contribution >= 4 is 0 Å². The van der Waals surface area contributed by atoms with E-state index < -0.39 is 0 Å². The van der Waals surface area contributed by atoms with Crippen LogP contribution in [-0.2, 0) is 0 Å². The third-order valence-electron chi connectivity index (χ3n) is 3.33. The molecule has 0 fully saturated rings. The minimum absolute atomic E-state index is 0.246. The van der Waals surface area contributed by atoms with Crippen molar-refractivity contribution in [2.24, 2.45) is 0 Å². The second-order valence-corrected chi connectivity index (χ2v) is 5.27. The van der Waals surface area contributed by atoms with Gasteiger partial charge in [0.2, 0.25) is 0 Å². The molecule has 0 aliphatic rings. The van der Waals surface area contributed by atoms with Crippen LogP contribution in [0.4, 0.5) is 4.39 Å². The summed E-state index contributed by atoms with van der Waals surface area (Å²) in [5.41, 5.74) is 2.78. The van der Waals surface area contributed by atoms with Crippen molar-refractivity contribution in [2.45, 2.75) is 19.8 Å². The van der Waals surface area contributed by atoms with Gasteiger partial charge in [0.25, 0.3) is 0 Å². The zero-order chi connectivity index (χ0) is 14.8. The fraction of sp³-hybridized carbons (Fsp3) is 0.167. The Morgan fingerprint density at radius 3 is 2.29 bits per heavy atom. The fourth-order valence-electron chi connectivity index (χ4n) is 2.17. The first-order chi connectivity index (χ1) is 10.1. The number of hydrogen-bond donors (Lipinski definition) is 0. The lowest BCUT2D eigenvalue weighted by Gasteiger charge is -2.07. The molecule has 105 valence electrons. The molecule has 1 heterocycles. The van der Waals surface area contributed by atoms with Crippen LogP contribution < -0.4 is 0 Å². The van der Waals surface area contributed by atoms with E-state index in [0.717, 1.165) is 22.8 Å². The highest BCUT2D eigenvalue weighted by Gasteiger charge is 2.14. The van der Waals surface area contributed by atoms with Gasteiger partial charge in [-0.15, -0.1) is 0 Å². The monoisotopic (exact) mass is 279 g/mol. The lowest BCUT2D eigenvalue weighted by Crippen LogP contribution is -1.96. The van der Waals surface area contributed by atoms with Crippen molar-refractivity contribution in [3.8, 4) is 17.1 Å². The summed E-state index contributed by atoms with van der Waals surface area (Å²) in [6.45, 7) is 4.17. The molecule has 1 aromatic heterocycles. The largest absolute Gasteiger partial charge is 0.291 e. The van der Waals surface area contributed by atoms with E-state index in [1.54, 1.807) is 12.1 Å². The number of halogens is 1. The number of aromatic nitrogens is 2. The van der Waals surface area contributed by atoms with Crippen molar-refractivity contribution in [1.82, 2.24) is 9.55 Å². The maximum absolute atomic E-state index is 13.1. The summed E-state index contributed by atoms with van der Waals surface area (Å²) in [5, 5.41) is 0. The summed E-state index contributed by atoms with van der Waals surface area (Å²) < 4.78 is 15.0. The Hall–Kier alpha value is -2.42. The van der Waals surface area contributed by atoms with Gasteiger partial charge < -0.3 is 0 Å². The Balaban J connectivity index is 2.16. The zero-order valence-corrected chi connectivity index (χ0v) is 12.0. The molecule has 0 amide bonds. The van der Waals surface area contributed by atoms with Crippen molar-refractivity contribution in [3.63, 3.8) is 0 Å². The molecule has 0 N–H and O–H groups in total. The van der Waals surface area contributed by atoms with E-state index in [9.17, 15) is 4.39 Å². The van der Waals surface area contributed by atoms with Crippen molar-refractivity contribution in [3.05, 3.63) is 72.3 Å². The summed E-state index contributed by atoms with van der Waals surface area (Å²) in [6.07, 6.45) is 3.30. The number of hydrogen-bond acceptors (Lipinski definition) is 1. The number of imidazole rings is 1.